The maximum Gasteiger partial charge on any atom is 0.131 e. The van der Waals surface area contributed by atoms with Crippen molar-refractivity contribution < 1.29 is 0 Å². The van der Waals surface area contributed by atoms with Crippen molar-refractivity contribution in [3.05, 3.63) is 23.8 Å². The summed E-state index contributed by atoms with van der Waals surface area (Å²) in [5.41, 5.74) is 6.98. The molecule has 0 amide bonds. The third-order valence-corrected chi connectivity index (χ3v) is 2.67. The summed E-state index contributed by atoms with van der Waals surface area (Å²) < 4.78 is 0. The minimum atomic E-state index is 0.233. The Morgan fingerprint density at radius 3 is 3.00 bits per heavy atom. The van der Waals surface area contributed by atoms with Crippen LogP contribution < -0.4 is 5.73 Å². The van der Waals surface area contributed by atoms with Gasteiger partial charge in [-0.3, -0.25) is 0 Å². The molecule has 1 aromatic heterocycles. The van der Waals surface area contributed by atoms with Crippen LogP contribution >= 0.6 is 0 Å². The summed E-state index contributed by atoms with van der Waals surface area (Å²) in [4.78, 5) is 8.81. The molecule has 0 aliphatic heterocycles. The molecular weight excluding hydrogens is 174 g/mol. The lowest BCUT2D eigenvalue weighted by Gasteiger charge is -2.08. The lowest BCUT2D eigenvalue weighted by atomic mass is 10.1. The van der Waals surface area contributed by atoms with Crippen LogP contribution in [-0.4, -0.2) is 16.0 Å². The fourth-order valence-electron chi connectivity index (χ4n) is 1.48. The van der Waals surface area contributed by atoms with Gasteiger partial charge in [0, 0.05) is 30.3 Å². The highest BCUT2D eigenvalue weighted by Gasteiger charge is 2.26. The van der Waals surface area contributed by atoms with Crippen molar-refractivity contribution in [2.24, 2.45) is 5.73 Å². The average Bonchev–Trinajstić information content (AvgIpc) is 3.01. The molecule has 1 atom stereocenters. The van der Waals surface area contributed by atoms with Crippen molar-refractivity contribution in [2.75, 3.05) is 0 Å². The second-order valence-corrected chi connectivity index (χ2v) is 4.05. The Hall–Kier alpha value is -0.960. The van der Waals surface area contributed by atoms with Crippen LogP contribution in [0.25, 0.3) is 0 Å². The molecule has 0 radical (unpaired) electrons. The summed E-state index contributed by atoms with van der Waals surface area (Å²) >= 11 is 0. The summed E-state index contributed by atoms with van der Waals surface area (Å²) in [6.07, 6.45) is 6.24. The van der Waals surface area contributed by atoms with Gasteiger partial charge >= 0.3 is 0 Å². The first-order valence-electron chi connectivity index (χ1n) is 5.37. The van der Waals surface area contributed by atoms with Crippen molar-refractivity contribution in [1.29, 1.82) is 0 Å². The van der Waals surface area contributed by atoms with E-state index < -0.39 is 0 Å². The van der Waals surface area contributed by atoms with E-state index in [2.05, 4.69) is 16.9 Å². The standard InChI is InChI=1S/C11H17N3/c1-2-9(12)7-10-5-6-13-11(14-10)8-3-4-8/h5-6,8-9H,2-4,7,12H2,1H3. The predicted molar refractivity (Wildman–Crippen MR) is 56.0 cm³/mol. The van der Waals surface area contributed by atoms with Crippen molar-refractivity contribution in [3.63, 3.8) is 0 Å². The summed E-state index contributed by atoms with van der Waals surface area (Å²) in [5.74, 6) is 1.65. The molecule has 1 fully saturated rings. The quantitative estimate of drug-likeness (QED) is 0.787. The minimum Gasteiger partial charge on any atom is -0.327 e. The first kappa shape index (κ1) is 9.59. The van der Waals surface area contributed by atoms with Crippen LogP contribution in [0.5, 0.6) is 0 Å². The molecule has 1 heterocycles. The molecule has 2 rings (SSSR count). The van der Waals surface area contributed by atoms with Gasteiger partial charge in [0.1, 0.15) is 5.82 Å². The third kappa shape index (κ3) is 2.29. The summed E-state index contributed by atoms with van der Waals surface area (Å²) in [7, 11) is 0. The normalized spacial score (nSPS) is 18.1. The van der Waals surface area contributed by atoms with E-state index in [-0.39, 0.29) is 6.04 Å². The van der Waals surface area contributed by atoms with E-state index in [9.17, 15) is 0 Å². The average molecular weight is 191 g/mol. The molecule has 1 aromatic rings. The highest BCUT2D eigenvalue weighted by atomic mass is 14.9. The van der Waals surface area contributed by atoms with Gasteiger partial charge in [0.05, 0.1) is 0 Å². The van der Waals surface area contributed by atoms with Gasteiger partial charge in [-0.15, -0.1) is 0 Å². The number of hydrogen-bond donors (Lipinski definition) is 1. The Labute approximate surface area is 84.8 Å². The molecule has 1 unspecified atom stereocenters. The maximum absolute atomic E-state index is 5.89. The van der Waals surface area contributed by atoms with Crippen LogP contribution in [-0.2, 0) is 6.42 Å². The van der Waals surface area contributed by atoms with E-state index in [1.807, 2.05) is 12.3 Å². The van der Waals surface area contributed by atoms with E-state index in [0.717, 1.165) is 24.4 Å². The lowest BCUT2D eigenvalue weighted by Crippen LogP contribution is -2.22. The van der Waals surface area contributed by atoms with E-state index >= 15 is 0 Å². The second-order valence-electron chi connectivity index (χ2n) is 4.05. The highest BCUT2D eigenvalue weighted by molar-refractivity contribution is 5.10. The van der Waals surface area contributed by atoms with Crippen molar-refractivity contribution in [1.82, 2.24) is 9.97 Å². The molecule has 1 saturated carbocycles. The summed E-state index contributed by atoms with van der Waals surface area (Å²) in [5, 5.41) is 0. The van der Waals surface area contributed by atoms with Gasteiger partial charge in [-0.05, 0) is 25.3 Å². The van der Waals surface area contributed by atoms with Crippen molar-refractivity contribution in [2.45, 2.75) is 44.6 Å². The monoisotopic (exact) mass is 191 g/mol. The van der Waals surface area contributed by atoms with Crippen LogP contribution in [0, 0.1) is 0 Å². The van der Waals surface area contributed by atoms with Gasteiger partial charge < -0.3 is 5.73 Å². The molecule has 14 heavy (non-hydrogen) atoms. The van der Waals surface area contributed by atoms with Crippen LogP contribution in [0.15, 0.2) is 12.3 Å². The Bertz CT molecular complexity index is 307. The first-order chi connectivity index (χ1) is 6.79. The number of aromatic nitrogens is 2. The fourth-order valence-corrected chi connectivity index (χ4v) is 1.48. The number of rotatable bonds is 4. The van der Waals surface area contributed by atoms with Gasteiger partial charge in [-0.25, -0.2) is 9.97 Å². The molecule has 1 aliphatic rings. The number of nitrogens with two attached hydrogens (primary N) is 1. The van der Waals surface area contributed by atoms with Gasteiger partial charge in [-0.1, -0.05) is 6.92 Å². The van der Waals surface area contributed by atoms with Crippen LogP contribution in [0.2, 0.25) is 0 Å². The fraction of sp³-hybridized carbons (Fsp3) is 0.636. The van der Waals surface area contributed by atoms with Crippen LogP contribution in [0.4, 0.5) is 0 Å². The Balaban J connectivity index is 2.05. The largest absolute Gasteiger partial charge is 0.327 e. The highest BCUT2D eigenvalue weighted by Crippen LogP contribution is 2.37. The van der Waals surface area contributed by atoms with Crippen molar-refractivity contribution in [3.8, 4) is 0 Å². The minimum absolute atomic E-state index is 0.233. The molecule has 0 bridgehead atoms. The van der Waals surface area contributed by atoms with Crippen molar-refractivity contribution >= 4 is 0 Å². The topological polar surface area (TPSA) is 51.8 Å². The summed E-state index contributed by atoms with van der Waals surface area (Å²) in [6, 6.07) is 2.21. The Morgan fingerprint density at radius 1 is 1.57 bits per heavy atom. The van der Waals surface area contributed by atoms with Crippen LogP contribution in [0.1, 0.15) is 43.6 Å². The van der Waals surface area contributed by atoms with Gasteiger partial charge in [0.2, 0.25) is 0 Å². The molecule has 3 heteroatoms. The lowest BCUT2D eigenvalue weighted by molar-refractivity contribution is 0.632. The maximum atomic E-state index is 5.89. The number of hydrogen-bond acceptors (Lipinski definition) is 3. The Kier molecular flexibility index (Phi) is 2.77. The zero-order chi connectivity index (χ0) is 9.97. The number of nitrogens with zero attached hydrogens (tertiary/aromatic N) is 2. The van der Waals surface area contributed by atoms with E-state index in [1.165, 1.54) is 12.8 Å². The van der Waals surface area contributed by atoms with E-state index in [0.29, 0.717) is 5.92 Å². The smallest absolute Gasteiger partial charge is 0.131 e. The molecule has 0 saturated heterocycles. The molecule has 1 aliphatic carbocycles. The molecule has 0 aromatic carbocycles. The Morgan fingerprint density at radius 2 is 2.36 bits per heavy atom. The molecule has 0 spiro atoms. The van der Waals surface area contributed by atoms with Crippen LogP contribution in [0.3, 0.4) is 0 Å². The zero-order valence-electron chi connectivity index (χ0n) is 8.61. The molecule has 76 valence electrons. The van der Waals surface area contributed by atoms with E-state index in [1.54, 1.807) is 0 Å². The van der Waals surface area contributed by atoms with Gasteiger partial charge in [-0.2, -0.15) is 0 Å². The van der Waals surface area contributed by atoms with E-state index in [4.69, 9.17) is 5.73 Å². The van der Waals surface area contributed by atoms with Gasteiger partial charge in [0.15, 0.2) is 0 Å². The zero-order valence-corrected chi connectivity index (χ0v) is 8.61. The third-order valence-electron chi connectivity index (χ3n) is 2.67. The molecule has 2 N–H and O–H groups in total. The predicted octanol–water partition coefficient (Wildman–Crippen LogP) is 1.63. The second kappa shape index (κ2) is 4.05. The molecular formula is C11H17N3. The summed E-state index contributed by atoms with van der Waals surface area (Å²) in [6.45, 7) is 2.10. The molecule has 3 nitrogen and oxygen atoms in total. The first-order valence-corrected chi connectivity index (χ1v) is 5.37. The van der Waals surface area contributed by atoms with Gasteiger partial charge in [0.25, 0.3) is 0 Å². The SMILES string of the molecule is CCC(N)Cc1ccnc(C2CC2)n1.